The molecular weight excluding hydrogens is 235 g/mol. The number of hydrogen-bond donors (Lipinski definition) is 1. The molecule has 0 aliphatic carbocycles. The Kier molecular flexibility index (Phi) is 4.05. The van der Waals surface area contributed by atoms with Crippen LogP contribution in [0.4, 0.5) is 4.39 Å². The van der Waals surface area contributed by atoms with Crippen LogP contribution >= 0.6 is 15.9 Å². The lowest BCUT2D eigenvalue weighted by Gasteiger charge is -2.03. The Hall–Kier alpha value is -0.740. The highest BCUT2D eigenvalue weighted by molar-refractivity contribution is 9.10. The molecule has 0 bridgehead atoms. The summed E-state index contributed by atoms with van der Waals surface area (Å²) in [6.45, 7) is 4.96. The second-order valence-corrected chi connectivity index (χ2v) is 3.37. The molecule has 4 heteroatoms. The van der Waals surface area contributed by atoms with Gasteiger partial charge in [0.05, 0.1) is 0 Å². The van der Waals surface area contributed by atoms with E-state index in [4.69, 9.17) is 0 Å². The zero-order valence-electron chi connectivity index (χ0n) is 7.06. The molecule has 0 amide bonds. The third kappa shape index (κ3) is 3.24. The van der Waals surface area contributed by atoms with Crippen LogP contribution in [0.5, 0.6) is 0 Å². The molecule has 1 aromatic rings. The lowest BCUT2D eigenvalue weighted by molar-refractivity contribution is 0.579. The zero-order chi connectivity index (χ0) is 9.68. The van der Waals surface area contributed by atoms with Crippen LogP contribution in [0.3, 0.4) is 0 Å². The maximum Gasteiger partial charge on any atom is 0.213 e. The smallest absolute Gasteiger partial charge is 0.213 e. The number of rotatable bonds is 4. The van der Waals surface area contributed by atoms with Crippen molar-refractivity contribution in [3.63, 3.8) is 0 Å². The fourth-order valence-electron chi connectivity index (χ4n) is 0.875. The van der Waals surface area contributed by atoms with Gasteiger partial charge in [-0.2, -0.15) is 4.39 Å². The fraction of sp³-hybridized carbons (Fsp3) is 0.222. The molecule has 0 aliphatic rings. The van der Waals surface area contributed by atoms with E-state index in [2.05, 4.69) is 32.8 Å². The molecule has 1 heterocycles. The largest absolute Gasteiger partial charge is 0.309 e. The average Bonchev–Trinajstić information content (AvgIpc) is 2.09. The molecule has 1 aromatic heterocycles. The van der Waals surface area contributed by atoms with Gasteiger partial charge in [-0.15, -0.1) is 6.58 Å². The quantitative estimate of drug-likeness (QED) is 0.500. The minimum atomic E-state index is -0.473. The molecule has 0 radical (unpaired) electrons. The molecule has 0 atom stereocenters. The minimum absolute atomic E-state index is 0.473. The molecule has 2 nitrogen and oxygen atoms in total. The molecule has 0 spiro atoms. The summed E-state index contributed by atoms with van der Waals surface area (Å²) in [7, 11) is 0. The SMILES string of the molecule is C=CCNCc1cnc(F)cc1Br. The molecule has 0 aliphatic heterocycles. The summed E-state index contributed by atoms with van der Waals surface area (Å²) in [5.41, 5.74) is 0.934. The van der Waals surface area contributed by atoms with Crippen LogP contribution in [-0.2, 0) is 6.54 Å². The molecule has 0 saturated carbocycles. The van der Waals surface area contributed by atoms with Gasteiger partial charge in [0, 0.05) is 29.8 Å². The van der Waals surface area contributed by atoms with E-state index in [1.165, 1.54) is 12.3 Å². The summed E-state index contributed by atoms with van der Waals surface area (Å²) in [6.07, 6.45) is 3.28. The highest BCUT2D eigenvalue weighted by Gasteiger charge is 2.00. The van der Waals surface area contributed by atoms with Gasteiger partial charge in [-0.05, 0) is 5.56 Å². The van der Waals surface area contributed by atoms with Crippen LogP contribution in [0.15, 0.2) is 29.4 Å². The van der Waals surface area contributed by atoms with Crippen molar-refractivity contribution in [3.8, 4) is 0 Å². The van der Waals surface area contributed by atoms with E-state index in [1.54, 1.807) is 6.08 Å². The van der Waals surface area contributed by atoms with Crippen molar-refractivity contribution in [2.24, 2.45) is 0 Å². The second-order valence-electron chi connectivity index (χ2n) is 2.52. The summed E-state index contributed by atoms with van der Waals surface area (Å²) >= 11 is 3.25. The van der Waals surface area contributed by atoms with Crippen molar-refractivity contribution in [1.29, 1.82) is 0 Å². The first-order valence-corrected chi connectivity index (χ1v) is 4.65. The van der Waals surface area contributed by atoms with Crippen LogP contribution in [0.25, 0.3) is 0 Å². The second kappa shape index (κ2) is 5.09. The third-order valence-corrected chi connectivity index (χ3v) is 2.24. The Morgan fingerprint density at radius 3 is 3.08 bits per heavy atom. The van der Waals surface area contributed by atoms with Crippen molar-refractivity contribution < 1.29 is 4.39 Å². The van der Waals surface area contributed by atoms with Gasteiger partial charge in [-0.1, -0.05) is 22.0 Å². The normalized spacial score (nSPS) is 10.0. The summed E-state index contributed by atoms with van der Waals surface area (Å²) < 4.78 is 13.3. The van der Waals surface area contributed by atoms with Gasteiger partial charge in [-0.3, -0.25) is 0 Å². The average molecular weight is 245 g/mol. The Morgan fingerprint density at radius 2 is 2.46 bits per heavy atom. The van der Waals surface area contributed by atoms with Gasteiger partial charge in [0.2, 0.25) is 5.95 Å². The summed E-state index contributed by atoms with van der Waals surface area (Å²) in [5, 5.41) is 3.10. The van der Waals surface area contributed by atoms with Crippen molar-refractivity contribution >= 4 is 15.9 Å². The van der Waals surface area contributed by atoms with Gasteiger partial charge < -0.3 is 5.32 Å². The molecule has 13 heavy (non-hydrogen) atoms. The number of pyridine rings is 1. The van der Waals surface area contributed by atoms with E-state index < -0.39 is 5.95 Å². The molecule has 0 saturated heterocycles. The molecule has 1 rings (SSSR count). The molecule has 0 unspecified atom stereocenters. The fourth-order valence-corrected chi connectivity index (χ4v) is 1.31. The van der Waals surface area contributed by atoms with Crippen LogP contribution < -0.4 is 5.32 Å². The Labute approximate surface area is 85.0 Å². The Bertz CT molecular complexity index is 302. The molecule has 1 N–H and O–H groups in total. The molecule has 0 fully saturated rings. The zero-order valence-corrected chi connectivity index (χ0v) is 8.64. The van der Waals surface area contributed by atoms with Crippen LogP contribution in [0.2, 0.25) is 0 Å². The van der Waals surface area contributed by atoms with E-state index in [0.29, 0.717) is 6.54 Å². The van der Waals surface area contributed by atoms with Crippen molar-refractivity contribution in [3.05, 3.63) is 40.9 Å². The monoisotopic (exact) mass is 244 g/mol. The predicted octanol–water partition coefficient (Wildman–Crippen LogP) is 2.26. The van der Waals surface area contributed by atoms with Crippen molar-refractivity contribution in [2.75, 3.05) is 6.54 Å². The van der Waals surface area contributed by atoms with Crippen molar-refractivity contribution in [1.82, 2.24) is 10.3 Å². The Morgan fingerprint density at radius 1 is 1.69 bits per heavy atom. The first-order valence-electron chi connectivity index (χ1n) is 3.85. The molecule has 0 aromatic carbocycles. The molecular formula is C9H10BrFN2. The first-order chi connectivity index (χ1) is 6.24. The number of halogens is 2. The Balaban J connectivity index is 2.61. The van der Waals surface area contributed by atoms with E-state index in [9.17, 15) is 4.39 Å². The van der Waals surface area contributed by atoms with Gasteiger partial charge in [0.15, 0.2) is 0 Å². The van der Waals surface area contributed by atoms with E-state index >= 15 is 0 Å². The predicted molar refractivity (Wildman–Crippen MR) is 53.8 cm³/mol. The van der Waals surface area contributed by atoms with Crippen LogP contribution in [0, 0.1) is 5.95 Å². The summed E-state index contributed by atoms with van der Waals surface area (Å²) in [6, 6.07) is 1.35. The summed E-state index contributed by atoms with van der Waals surface area (Å²) in [5.74, 6) is -0.473. The minimum Gasteiger partial charge on any atom is -0.309 e. The summed E-state index contributed by atoms with van der Waals surface area (Å²) in [4.78, 5) is 3.56. The van der Waals surface area contributed by atoms with E-state index in [0.717, 1.165) is 16.6 Å². The van der Waals surface area contributed by atoms with Crippen LogP contribution in [0.1, 0.15) is 5.56 Å². The van der Waals surface area contributed by atoms with Gasteiger partial charge in [0.25, 0.3) is 0 Å². The highest BCUT2D eigenvalue weighted by atomic mass is 79.9. The maximum absolute atomic E-state index is 12.6. The first kappa shape index (κ1) is 10.3. The highest BCUT2D eigenvalue weighted by Crippen LogP contribution is 2.15. The third-order valence-electron chi connectivity index (χ3n) is 1.50. The lowest BCUT2D eigenvalue weighted by Crippen LogP contribution is -2.13. The van der Waals surface area contributed by atoms with Gasteiger partial charge >= 0.3 is 0 Å². The lowest BCUT2D eigenvalue weighted by atomic mass is 10.3. The van der Waals surface area contributed by atoms with E-state index in [-0.39, 0.29) is 0 Å². The number of nitrogens with one attached hydrogen (secondary N) is 1. The van der Waals surface area contributed by atoms with Crippen molar-refractivity contribution in [2.45, 2.75) is 6.54 Å². The number of aromatic nitrogens is 1. The number of hydrogen-bond acceptors (Lipinski definition) is 2. The molecule has 70 valence electrons. The van der Waals surface area contributed by atoms with Crippen LogP contribution in [-0.4, -0.2) is 11.5 Å². The standard InChI is InChI=1S/C9H10BrFN2/c1-2-3-12-5-7-6-13-9(11)4-8(7)10/h2,4,6,12H,1,3,5H2. The van der Waals surface area contributed by atoms with Gasteiger partial charge in [-0.25, -0.2) is 4.98 Å². The van der Waals surface area contributed by atoms with E-state index in [1.807, 2.05) is 0 Å². The maximum atomic E-state index is 12.6. The number of nitrogens with zero attached hydrogens (tertiary/aromatic N) is 1. The topological polar surface area (TPSA) is 24.9 Å². The van der Waals surface area contributed by atoms with Gasteiger partial charge in [0.1, 0.15) is 0 Å².